The van der Waals surface area contributed by atoms with Crippen molar-refractivity contribution < 1.29 is 33.0 Å². The zero-order valence-electron chi connectivity index (χ0n) is 19.6. The van der Waals surface area contributed by atoms with Gasteiger partial charge in [0.25, 0.3) is 5.92 Å². The Labute approximate surface area is 204 Å². The Kier molecular flexibility index (Phi) is 6.66. The highest BCUT2D eigenvalue weighted by Crippen LogP contribution is 2.43. The first-order valence-electron chi connectivity index (χ1n) is 11.2. The number of nitrogens with zero attached hydrogens (tertiary/aromatic N) is 4. The van der Waals surface area contributed by atoms with Crippen LogP contribution in [0.2, 0.25) is 0 Å². The van der Waals surface area contributed by atoms with E-state index in [-0.39, 0.29) is 38.4 Å². The van der Waals surface area contributed by atoms with Crippen LogP contribution in [0.25, 0.3) is 0 Å². The lowest BCUT2D eigenvalue weighted by Crippen LogP contribution is -2.47. The molecule has 0 radical (unpaired) electrons. The van der Waals surface area contributed by atoms with E-state index in [4.69, 9.17) is 4.74 Å². The minimum Gasteiger partial charge on any atom is -0.480 e. The summed E-state index contributed by atoms with van der Waals surface area (Å²) in [4.78, 5) is 48.2. The Balaban J connectivity index is 1.58. The van der Waals surface area contributed by atoms with Crippen LogP contribution in [0, 0.1) is 11.3 Å². The third-order valence-electron chi connectivity index (χ3n) is 6.62. The van der Waals surface area contributed by atoms with Gasteiger partial charge in [0.1, 0.15) is 5.41 Å². The number of nitrogens with one attached hydrogen (secondary N) is 1. The number of alkyl halides is 2. The number of esters is 1. The summed E-state index contributed by atoms with van der Waals surface area (Å²) in [7, 11) is 0. The van der Waals surface area contributed by atoms with Gasteiger partial charge >= 0.3 is 11.9 Å². The number of carboxylic acid groups (broad SMARTS) is 1. The number of ether oxygens (including phenoxy) is 1. The molecule has 0 spiro atoms. The molecule has 2 unspecified atom stereocenters. The molecule has 1 amide bonds. The third-order valence-corrected chi connectivity index (χ3v) is 7.40. The summed E-state index contributed by atoms with van der Waals surface area (Å²) in [6, 6.07) is -0.696. The molecule has 35 heavy (non-hydrogen) atoms. The van der Waals surface area contributed by atoms with Crippen LogP contribution < -0.4 is 5.32 Å². The van der Waals surface area contributed by atoms with Crippen molar-refractivity contribution in [3.63, 3.8) is 0 Å². The lowest BCUT2D eigenvalue weighted by atomic mass is 9.92. The summed E-state index contributed by atoms with van der Waals surface area (Å²) in [5.74, 6) is -6.37. The van der Waals surface area contributed by atoms with E-state index in [9.17, 15) is 19.5 Å². The van der Waals surface area contributed by atoms with Crippen LogP contribution in [0.1, 0.15) is 25.8 Å². The quantitative estimate of drug-likeness (QED) is 0.413. The molecule has 10 nitrogen and oxygen atoms in total. The number of rotatable bonds is 7. The lowest BCUT2D eigenvalue weighted by molar-refractivity contribution is -0.158. The molecule has 2 fully saturated rings. The standard InChI is InChI=1S/C22H27F2N5O5S/c1-4-34-18(30)12-7-26-16(17-25-5-6-35-17)27-14(12)9-29-11-22(23,24)13-8-28(10-15(13)29)19(31)21(2,3)20(32)33/h5-6,13,15H,4,7-11H2,1-3H3,(H,26,27)(H,32,33). The Hall–Kier alpha value is -2.93. The van der Waals surface area contributed by atoms with Crippen LogP contribution in [0.5, 0.6) is 0 Å². The summed E-state index contributed by atoms with van der Waals surface area (Å²) in [5.41, 5.74) is -1.07. The van der Waals surface area contributed by atoms with E-state index in [1.54, 1.807) is 18.5 Å². The van der Waals surface area contributed by atoms with Crippen molar-refractivity contribution in [3.8, 4) is 0 Å². The number of likely N-dealkylation sites (tertiary alicyclic amines) is 2. The number of aliphatic carboxylic acids is 1. The molecule has 2 atom stereocenters. The molecule has 3 aliphatic heterocycles. The molecule has 2 saturated heterocycles. The number of carbonyl (C=O) groups excluding carboxylic acids is 2. The highest BCUT2D eigenvalue weighted by Gasteiger charge is 2.59. The molecule has 3 aliphatic rings. The van der Waals surface area contributed by atoms with E-state index in [1.807, 2.05) is 0 Å². The molecule has 4 rings (SSSR count). The molecule has 0 bridgehead atoms. The van der Waals surface area contributed by atoms with Gasteiger partial charge < -0.3 is 20.1 Å². The number of carbonyl (C=O) groups is 3. The average molecular weight is 512 g/mol. The van der Waals surface area contributed by atoms with E-state index < -0.39 is 47.7 Å². The smallest absolute Gasteiger partial charge is 0.337 e. The van der Waals surface area contributed by atoms with Gasteiger partial charge in [0.05, 0.1) is 31.2 Å². The molecule has 1 aromatic heterocycles. The van der Waals surface area contributed by atoms with Crippen molar-refractivity contribution in [3.05, 3.63) is 27.9 Å². The van der Waals surface area contributed by atoms with Crippen LogP contribution in [0.15, 0.2) is 27.8 Å². The summed E-state index contributed by atoms with van der Waals surface area (Å²) >= 11 is 1.35. The van der Waals surface area contributed by atoms with Gasteiger partial charge in [-0.1, -0.05) is 0 Å². The molecule has 2 N–H and O–H groups in total. The highest BCUT2D eigenvalue weighted by atomic mass is 32.1. The molecular weight excluding hydrogens is 484 g/mol. The van der Waals surface area contributed by atoms with Gasteiger partial charge in [-0.15, -0.1) is 11.3 Å². The van der Waals surface area contributed by atoms with Crippen molar-refractivity contribution in [1.29, 1.82) is 0 Å². The topological polar surface area (TPSA) is 124 Å². The zero-order valence-corrected chi connectivity index (χ0v) is 20.4. The molecule has 13 heteroatoms. The van der Waals surface area contributed by atoms with Gasteiger partial charge in [0.2, 0.25) is 5.91 Å². The fourth-order valence-corrected chi connectivity index (χ4v) is 5.22. The number of thiazole rings is 1. The number of hydrogen-bond donors (Lipinski definition) is 2. The number of aliphatic imine (C=N–C) groups is 1. The second kappa shape index (κ2) is 9.26. The monoisotopic (exact) mass is 511 g/mol. The second-order valence-corrected chi connectivity index (χ2v) is 10.2. The molecule has 0 aliphatic carbocycles. The fourth-order valence-electron chi connectivity index (χ4n) is 4.62. The van der Waals surface area contributed by atoms with Gasteiger partial charge in [-0.05, 0) is 20.8 Å². The first-order valence-corrected chi connectivity index (χ1v) is 12.1. The predicted molar refractivity (Wildman–Crippen MR) is 122 cm³/mol. The van der Waals surface area contributed by atoms with Crippen molar-refractivity contribution in [2.24, 2.45) is 16.3 Å². The molecule has 4 heterocycles. The molecule has 190 valence electrons. The molecule has 0 aromatic carbocycles. The average Bonchev–Trinajstić information content (AvgIpc) is 3.52. The predicted octanol–water partition coefficient (Wildman–Crippen LogP) is 1.20. The van der Waals surface area contributed by atoms with Crippen LogP contribution in [-0.2, 0) is 19.1 Å². The Morgan fingerprint density at radius 3 is 2.71 bits per heavy atom. The Morgan fingerprint density at radius 2 is 2.09 bits per heavy atom. The zero-order chi connectivity index (χ0) is 25.5. The number of amidine groups is 1. The molecule has 0 saturated carbocycles. The normalized spacial score (nSPS) is 24.1. The van der Waals surface area contributed by atoms with Gasteiger partial charge in [0.15, 0.2) is 10.8 Å². The summed E-state index contributed by atoms with van der Waals surface area (Å²) in [5, 5.41) is 14.9. The van der Waals surface area contributed by atoms with Crippen molar-refractivity contribution in [1.82, 2.24) is 20.1 Å². The van der Waals surface area contributed by atoms with Crippen LogP contribution >= 0.6 is 11.3 Å². The third kappa shape index (κ3) is 4.66. The van der Waals surface area contributed by atoms with E-state index in [0.29, 0.717) is 16.5 Å². The number of amides is 1. The van der Waals surface area contributed by atoms with E-state index in [1.165, 1.54) is 35.0 Å². The lowest BCUT2D eigenvalue weighted by Gasteiger charge is -2.30. The minimum atomic E-state index is -3.08. The number of carboxylic acids is 1. The largest absolute Gasteiger partial charge is 0.480 e. The van der Waals surface area contributed by atoms with Gasteiger partial charge in [0, 0.05) is 43.0 Å². The van der Waals surface area contributed by atoms with Gasteiger partial charge in [-0.2, -0.15) is 0 Å². The summed E-state index contributed by atoms with van der Waals surface area (Å²) in [6.45, 7) is 3.57. The molecular formula is C22H27F2N5O5S. The van der Waals surface area contributed by atoms with E-state index in [0.717, 1.165) is 0 Å². The SMILES string of the molecule is CCOC(=O)C1=C(CN2CC(F)(F)C3CN(C(=O)C(C)(C)C(=O)O)CC32)NC(c2nccs2)=NC1. The maximum Gasteiger partial charge on any atom is 0.337 e. The summed E-state index contributed by atoms with van der Waals surface area (Å²) < 4.78 is 35.2. The van der Waals surface area contributed by atoms with E-state index in [2.05, 4.69) is 15.3 Å². The van der Waals surface area contributed by atoms with Crippen LogP contribution in [-0.4, -0.2) is 94.9 Å². The summed E-state index contributed by atoms with van der Waals surface area (Å²) in [6.07, 6.45) is 1.61. The maximum atomic E-state index is 15.0. The Morgan fingerprint density at radius 1 is 1.34 bits per heavy atom. The number of fused-ring (bicyclic) bond motifs is 1. The van der Waals surface area contributed by atoms with Gasteiger partial charge in [-0.3, -0.25) is 19.5 Å². The number of aromatic nitrogens is 1. The fraction of sp³-hybridized carbons (Fsp3) is 0.591. The minimum absolute atomic E-state index is 0.0142. The molecule has 1 aromatic rings. The van der Waals surface area contributed by atoms with Crippen molar-refractivity contribution in [2.75, 3.05) is 39.3 Å². The van der Waals surface area contributed by atoms with Crippen LogP contribution in [0.4, 0.5) is 8.78 Å². The van der Waals surface area contributed by atoms with Crippen molar-refractivity contribution in [2.45, 2.75) is 32.7 Å². The number of hydrogen-bond acceptors (Lipinski definition) is 9. The second-order valence-electron chi connectivity index (χ2n) is 9.28. The van der Waals surface area contributed by atoms with Gasteiger partial charge in [-0.25, -0.2) is 18.6 Å². The van der Waals surface area contributed by atoms with Crippen LogP contribution in [0.3, 0.4) is 0 Å². The Bertz CT molecular complexity index is 1090. The maximum absolute atomic E-state index is 15.0. The van der Waals surface area contributed by atoms with E-state index >= 15 is 8.78 Å². The first-order chi connectivity index (χ1) is 16.5. The number of halogens is 2. The highest BCUT2D eigenvalue weighted by molar-refractivity contribution is 7.11. The van der Waals surface area contributed by atoms with Crippen molar-refractivity contribution >= 4 is 35.0 Å². The first kappa shape index (κ1) is 25.2.